The Balaban J connectivity index is 3.45. The minimum atomic E-state index is -1.68. The van der Waals surface area contributed by atoms with Crippen LogP contribution in [0.25, 0.3) is 0 Å². The third-order valence-electron chi connectivity index (χ3n) is 5.71. The molecule has 0 aliphatic heterocycles. The van der Waals surface area contributed by atoms with Crippen LogP contribution in [0.1, 0.15) is 96.8 Å². The third kappa shape index (κ3) is 17.7. The summed E-state index contributed by atoms with van der Waals surface area (Å²) in [5, 5.41) is 49.6. The molecule has 0 saturated heterocycles. The van der Waals surface area contributed by atoms with Gasteiger partial charge in [0.2, 0.25) is 0 Å². The van der Waals surface area contributed by atoms with Gasteiger partial charge in [0.15, 0.2) is 0 Å². The molecule has 8 heteroatoms. The Hall–Kier alpha value is -0.770. The monoisotopic (exact) mass is 463 g/mol. The van der Waals surface area contributed by atoms with Crippen molar-refractivity contribution < 1.29 is 35.1 Å². The first-order valence-corrected chi connectivity index (χ1v) is 12.6. The van der Waals surface area contributed by atoms with Crippen LogP contribution in [-0.4, -0.2) is 82.2 Å². The van der Waals surface area contributed by atoms with Crippen molar-refractivity contribution in [2.45, 2.75) is 121 Å². The van der Waals surface area contributed by atoms with Gasteiger partial charge in [-0.05, 0) is 6.42 Å². The highest BCUT2D eigenvalue weighted by atomic mass is 16.5. The Morgan fingerprint density at radius 1 is 0.719 bits per heavy atom. The molecule has 0 bridgehead atoms. The highest BCUT2D eigenvalue weighted by molar-refractivity contribution is 5.71. The predicted molar refractivity (Wildman–Crippen MR) is 125 cm³/mol. The summed E-state index contributed by atoms with van der Waals surface area (Å²) < 4.78 is 5.13. The molecule has 0 aliphatic carbocycles. The number of esters is 1. The van der Waals surface area contributed by atoms with Gasteiger partial charge in [-0.2, -0.15) is 0 Å². The van der Waals surface area contributed by atoms with Crippen molar-refractivity contribution >= 4 is 5.97 Å². The molecule has 32 heavy (non-hydrogen) atoms. The van der Waals surface area contributed by atoms with E-state index in [2.05, 4.69) is 12.2 Å². The summed E-state index contributed by atoms with van der Waals surface area (Å²) in [5.74, 6) is -0.447. The van der Waals surface area contributed by atoms with Crippen LogP contribution in [-0.2, 0) is 9.53 Å². The van der Waals surface area contributed by atoms with Crippen molar-refractivity contribution in [2.24, 2.45) is 0 Å². The fourth-order valence-corrected chi connectivity index (χ4v) is 3.54. The van der Waals surface area contributed by atoms with E-state index in [4.69, 9.17) is 9.84 Å². The molecule has 0 amide bonds. The Morgan fingerprint density at radius 3 is 1.62 bits per heavy atom. The van der Waals surface area contributed by atoms with Crippen LogP contribution in [0.15, 0.2) is 0 Å². The number of carbonyl (C=O) groups is 1. The number of hydrogen-bond acceptors (Lipinski definition) is 8. The molecule has 8 nitrogen and oxygen atoms in total. The van der Waals surface area contributed by atoms with E-state index < -0.39 is 37.0 Å². The highest BCUT2D eigenvalue weighted by Crippen LogP contribution is 2.13. The molecule has 0 unspecified atom stereocenters. The summed E-state index contributed by atoms with van der Waals surface area (Å²) >= 11 is 0. The summed E-state index contributed by atoms with van der Waals surface area (Å²) in [6, 6.07) is 0. The molecular formula is C24H49NO7. The second-order valence-corrected chi connectivity index (χ2v) is 8.75. The van der Waals surface area contributed by atoms with Crippen molar-refractivity contribution in [3.8, 4) is 0 Å². The second kappa shape index (κ2) is 22.0. The average Bonchev–Trinajstić information content (AvgIpc) is 2.79. The summed E-state index contributed by atoms with van der Waals surface area (Å²) in [7, 11) is 0. The third-order valence-corrected chi connectivity index (χ3v) is 5.71. The van der Waals surface area contributed by atoms with Gasteiger partial charge >= 0.3 is 5.97 Å². The summed E-state index contributed by atoms with van der Waals surface area (Å²) in [6.07, 6.45) is 11.5. The molecule has 0 aromatic rings. The molecule has 4 atom stereocenters. The van der Waals surface area contributed by atoms with Gasteiger partial charge in [-0.25, -0.2) is 0 Å². The van der Waals surface area contributed by atoms with Gasteiger partial charge in [0, 0.05) is 6.54 Å². The van der Waals surface area contributed by atoms with E-state index in [0.29, 0.717) is 6.61 Å². The lowest BCUT2D eigenvalue weighted by molar-refractivity contribution is -0.143. The van der Waals surface area contributed by atoms with Gasteiger partial charge in [0.25, 0.3) is 0 Å². The van der Waals surface area contributed by atoms with Crippen LogP contribution in [0.4, 0.5) is 0 Å². The molecule has 0 rings (SSSR count). The normalized spacial score (nSPS) is 15.3. The number of carbonyl (C=O) groups excluding carboxylic acids is 1. The number of aliphatic hydroxyl groups is 5. The van der Waals surface area contributed by atoms with Crippen LogP contribution in [0.2, 0.25) is 0 Å². The first-order chi connectivity index (χ1) is 15.4. The summed E-state index contributed by atoms with van der Waals surface area (Å²) in [4.78, 5) is 11.7. The minimum absolute atomic E-state index is 0.124. The Morgan fingerprint density at radius 2 is 1.16 bits per heavy atom. The van der Waals surface area contributed by atoms with Gasteiger partial charge in [-0.15, -0.1) is 0 Å². The lowest BCUT2D eigenvalue weighted by atomic mass is 10.0. The molecule has 192 valence electrons. The summed E-state index contributed by atoms with van der Waals surface area (Å²) in [6.45, 7) is 1.60. The molecular weight excluding hydrogens is 414 g/mol. The predicted octanol–water partition coefficient (Wildman–Crippen LogP) is 2.04. The number of ether oxygens (including phenoxy) is 1. The molecule has 6 N–H and O–H groups in total. The van der Waals surface area contributed by atoms with Gasteiger partial charge in [0.1, 0.15) is 18.3 Å². The first-order valence-electron chi connectivity index (χ1n) is 12.6. The summed E-state index contributed by atoms with van der Waals surface area (Å²) in [5.41, 5.74) is 0. The van der Waals surface area contributed by atoms with Gasteiger partial charge in [0.05, 0.1) is 25.9 Å². The maximum Gasteiger partial charge on any atom is 0.319 e. The SMILES string of the molecule is CCCCCCCCCCCCCCCCOC(=O)CNC[C@H](O)[C@@H](O)[C@H](O)[C@H](O)CO. The highest BCUT2D eigenvalue weighted by Gasteiger charge is 2.29. The Bertz CT molecular complexity index is 425. The van der Waals surface area contributed by atoms with Crippen LogP contribution in [0.3, 0.4) is 0 Å². The molecule has 0 aliphatic rings. The standard InChI is InChI=1S/C24H49NO7/c1-2-3-4-5-6-7-8-9-10-11-12-13-14-15-16-32-22(29)18-25-17-20(27)23(30)24(31)21(28)19-26/h20-21,23-28,30-31H,2-19H2,1H3/t20-,21+,23+,24+/m0/s1. The quantitative estimate of drug-likeness (QED) is 0.0999. The molecule has 0 saturated carbocycles. The maximum atomic E-state index is 11.7. The zero-order valence-electron chi connectivity index (χ0n) is 20.1. The first kappa shape index (κ1) is 31.2. The molecule has 0 fully saturated rings. The minimum Gasteiger partial charge on any atom is -0.465 e. The Kier molecular flexibility index (Phi) is 21.5. The van der Waals surface area contributed by atoms with E-state index in [0.717, 1.165) is 19.3 Å². The fraction of sp³-hybridized carbons (Fsp3) is 0.958. The van der Waals surface area contributed by atoms with Crippen molar-refractivity contribution in [3.05, 3.63) is 0 Å². The van der Waals surface area contributed by atoms with Gasteiger partial charge in [-0.1, -0.05) is 90.4 Å². The van der Waals surface area contributed by atoms with E-state index in [-0.39, 0.29) is 13.1 Å². The topological polar surface area (TPSA) is 139 Å². The van der Waals surface area contributed by atoms with E-state index in [1.807, 2.05) is 0 Å². The van der Waals surface area contributed by atoms with Crippen molar-refractivity contribution in [1.82, 2.24) is 5.32 Å². The van der Waals surface area contributed by atoms with Crippen LogP contribution >= 0.6 is 0 Å². The van der Waals surface area contributed by atoms with Crippen LogP contribution in [0.5, 0.6) is 0 Å². The number of aliphatic hydroxyl groups excluding tert-OH is 5. The number of unbranched alkanes of at least 4 members (excludes halogenated alkanes) is 13. The van der Waals surface area contributed by atoms with E-state index in [1.165, 1.54) is 70.6 Å². The Labute approximate surface area is 194 Å². The lowest BCUT2D eigenvalue weighted by Crippen LogP contribution is -2.49. The van der Waals surface area contributed by atoms with E-state index in [1.54, 1.807) is 0 Å². The van der Waals surface area contributed by atoms with E-state index >= 15 is 0 Å². The lowest BCUT2D eigenvalue weighted by Gasteiger charge is -2.25. The number of rotatable bonds is 23. The fourth-order valence-electron chi connectivity index (χ4n) is 3.54. The van der Waals surface area contributed by atoms with E-state index in [9.17, 15) is 25.2 Å². The zero-order chi connectivity index (χ0) is 24.0. The van der Waals surface area contributed by atoms with Crippen molar-refractivity contribution in [1.29, 1.82) is 0 Å². The largest absolute Gasteiger partial charge is 0.465 e. The number of nitrogens with one attached hydrogen (secondary N) is 1. The molecule has 0 aromatic carbocycles. The molecule has 0 aromatic heterocycles. The second-order valence-electron chi connectivity index (χ2n) is 8.75. The van der Waals surface area contributed by atoms with Crippen molar-refractivity contribution in [2.75, 3.05) is 26.3 Å². The molecule has 0 spiro atoms. The number of hydrogen-bond donors (Lipinski definition) is 6. The van der Waals surface area contributed by atoms with Gasteiger partial charge in [-0.3, -0.25) is 4.79 Å². The smallest absolute Gasteiger partial charge is 0.319 e. The molecule has 0 heterocycles. The molecule has 0 radical (unpaired) electrons. The average molecular weight is 464 g/mol. The van der Waals surface area contributed by atoms with Gasteiger partial charge < -0.3 is 35.6 Å². The van der Waals surface area contributed by atoms with Crippen LogP contribution in [0, 0.1) is 0 Å². The zero-order valence-corrected chi connectivity index (χ0v) is 20.1. The van der Waals surface area contributed by atoms with Crippen molar-refractivity contribution in [3.63, 3.8) is 0 Å². The van der Waals surface area contributed by atoms with Crippen LogP contribution < -0.4 is 5.32 Å². The maximum absolute atomic E-state index is 11.7.